The molecule has 0 aliphatic heterocycles. The minimum absolute atomic E-state index is 0.259. The molecule has 0 spiro atoms. The second-order valence-corrected chi connectivity index (χ2v) is 6.65. The summed E-state index contributed by atoms with van der Waals surface area (Å²) in [6.07, 6.45) is 6.10. The Kier molecular flexibility index (Phi) is 4.58. The molecule has 3 heteroatoms. The predicted molar refractivity (Wildman–Crippen MR) is 79.3 cm³/mol. The molecule has 2 atom stereocenters. The maximum absolute atomic E-state index is 6.09. The van der Waals surface area contributed by atoms with Crippen molar-refractivity contribution in [1.29, 1.82) is 0 Å². The molecule has 1 fully saturated rings. The Labute approximate surface area is 120 Å². The maximum Gasteiger partial charge on any atom is 0.0595 e. The molecule has 1 aliphatic rings. The van der Waals surface area contributed by atoms with Gasteiger partial charge < -0.3 is 5.73 Å². The van der Waals surface area contributed by atoms with Crippen LogP contribution in [0.1, 0.15) is 38.2 Å². The van der Waals surface area contributed by atoms with Crippen LogP contribution in [0.4, 0.5) is 0 Å². The van der Waals surface area contributed by atoms with E-state index >= 15 is 0 Å². The number of benzene rings is 1. The molecular weight excluding hydrogens is 265 g/mol. The molecule has 0 radical (unpaired) electrons. The highest BCUT2D eigenvalue weighted by atomic mass is 35.5. The standard InChI is InChI=1S/C15H21Cl2N/c1-11-3-2-6-15(8-11,10-18)9-12-4-5-13(16)14(17)7-12/h4-5,7,11H,2-3,6,8-10,18H2,1H3. The number of halogens is 2. The minimum Gasteiger partial charge on any atom is -0.330 e. The molecule has 2 rings (SSSR count). The molecular formula is C15H21Cl2N. The monoisotopic (exact) mass is 285 g/mol. The smallest absolute Gasteiger partial charge is 0.0595 e. The number of hydrogen-bond donors (Lipinski definition) is 1. The Hall–Kier alpha value is -0.240. The third-order valence-electron chi connectivity index (χ3n) is 4.18. The van der Waals surface area contributed by atoms with Crippen molar-refractivity contribution in [2.75, 3.05) is 6.54 Å². The molecule has 0 aromatic heterocycles. The highest BCUT2D eigenvalue weighted by molar-refractivity contribution is 6.42. The van der Waals surface area contributed by atoms with E-state index in [1.165, 1.54) is 31.2 Å². The van der Waals surface area contributed by atoms with Gasteiger partial charge in [0, 0.05) is 0 Å². The van der Waals surface area contributed by atoms with Crippen LogP contribution in [0.25, 0.3) is 0 Å². The molecule has 1 aliphatic carbocycles. The molecule has 0 bridgehead atoms. The molecule has 2 N–H and O–H groups in total. The maximum atomic E-state index is 6.09. The van der Waals surface area contributed by atoms with Crippen molar-refractivity contribution >= 4 is 23.2 Å². The van der Waals surface area contributed by atoms with Crippen LogP contribution in [-0.2, 0) is 6.42 Å². The van der Waals surface area contributed by atoms with Crippen molar-refractivity contribution in [2.45, 2.75) is 39.0 Å². The van der Waals surface area contributed by atoms with Gasteiger partial charge in [-0.05, 0) is 54.8 Å². The molecule has 2 unspecified atom stereocenters. The SMILES string of the molecule is CC1CCCC(CN)(Cc2ccc(Cl)c(Cl)c2)C1. The van der Waals surface area contributed by atoms with Gasteiger partial charge in [-0.2, -0.15) is 0 Å². The van der Waals surface area contributed by atoms with Gasteiger partial charge in [0.05, 0.1) is 10.0 Å². The van der Waals surface area contributed by atoms with Crippen LogP contribution in [0.5, 0.6) is 0 Å². The van der Waals surface area contributed by atoms with Crippen LogP contribution < -0.4 is 5.73 Å². The van der Waals surface area contributed by atoms with Crippen molar-refractivity contribution < 1.29 is 0 Å². The average molecular weight is 286 g/mol. The first-order valence-electron chi connectivity index (χ1n) is 6.69. The van der Waals surface area contributed by atoms with Crippen molar-refractivity contribution in [3.63, 3.8) is 0 Å². The van der Waals surface area contributed by atoms with Gasteiger partial charge in [-0.3, -0.25) is 0 Å². The quantitative estimate of drug-likeness (QED) is 0.857. The van der Waals surface area contributed by atoms with Crippen molar-refractivity contribution in [3.05, 3.63) is 33.8 Å². The molecule has 1 saturated carbocycles. The zero-order chi connectivity index (χ0) is 13.2. The molecule has 100 valence electrons. The molecule has 1 aromatic rings. The van der Waals surface area contributed by atoms with E-state index in [0.29, 0.717) is 10.0 Å². The zero-order valence-corrected chi connectivity index (χ0v) is 12.4. The summed E-state index contributed by atoms with van der Waals surface area (Å²) in [5, 5.41) is 1.27. The lowest BCUT2D eigenvalue weighted by Gasteiger charge is -2.39. The fraction of sp³-hybridized carbons (Fsp3) is 0.600. The van der Waals surface area contributed by atoms with E-state index in [2.05, 4.69) is 13.0 Å². The van der Waals surface area contributed by atoms with Crippen molar-refractivity contribution in [1.82, 2.24) is 0 Å². The Balaban J connectivity index is 2.16. The van der Waals surface area contributed by atoms with Gasteiger partial charge >= 0.3 is 0 Å². The summed E-state index contributed by atoms with van der Waals surface area (Å²) >= 11 is 12.0. The van der Waals surface area contributed by atoms with E-state index in [1.807, 2.05) is 12.1 Å². The molecule has 1 aromatic carbocycles. The topological polar surface area (TPSA) is 26.0 Å². The Morgan fingerprint density at radius 1 is 1.33 bits per heavy atom. The van der Waals surface area contributed by atoms with Crippen LogP contribution in [0.15, 0.2) is 18.2 Å². The van der Waals surface area contributed by atoms with Gasteiger partial charge in [0.15, 0.2) is 0 Å². The first kappa shape index (κ1) is 14.2. The Bertz CT molecular complexity index is 419. The lowest BCUT2D eigenvalue weighted by Crippen LogP contribution is -2.37. The van der Waals surface area contributed by atoms with E-state index in [-0.39, 0.29) is 5.41 Å². The van der Waals surface area contributed by atoms with Crippen LogP contribution >= 0.6 is 23.2 Å². The van der Waals surface area contributed by atoms with Crippen LogP contribution in [0.2, 0.25) is 10.0 Å². The fourth-order valence-electron chi connectivity index (χ4n) is 3.27. The molecule has 0 heterocycles. The summed E-state index contributed by atoms with van der Waals surface area (Å²) in [5.41, 5.74) is 7.57. The van der Waals surface area contributed by atoms with Gasteiger partial charge in [0.25, 0.3) is 0 Å². The lowest BCUT2D eigenvalue weighted by atomic mass is 9.67. The molecule has 0 amide bonds. The highest BCUT2D eigenvalue weighted by Gasteiger charge is 2.33. The first-order valence-corrected chi connectivity index (χ1v) is 7.44. The Morgan fingerprint density at radius 2 is 2.11 bits per heavy atom. The molecule has 18 heavy (non-hydrogen) atoms. The van der Waals surface area contributed by atoms with Gasteiger partial charge in [-0.1, -0.05) is 49.0 Å². The first-order chi connectivity index (χ1) is 8.54. The Morgan fingerprint density at radius 3 is 2.72 bits per heavy atom. The van der Waals surface area contributed by atoms with Crippen LogP contribution in [0.3, 0.4) is 0 Å². The van der Waals surface area contributed by atoms with Crippen molar-refractivity contribution in [2.24, 2.45) is 17.1 Å². The van der Waals surface area contributed by atoms with E-state index in [4.69, 9.17) is 28.9 Å². The van der Waals surface area contributed by atoms with E-state index in [0.717, 1.165) is 18.9 Å². The minimum atomic E-state index is 0.259. The summed E-state index contributed by atoms with van der Waals surface area (Å²) < 4.78 is 0. The normalized spacial score (nSPS) is 28.3. The second-order valence-electron chi connectivity index (χ2n) is 5.83. The predicted octanol–water partition coefficient (Wildman–Crippen LogP) is 4.69. The second kappa shape index (κ2) is 5.81. The lowest BCUT2D eigenvalue weighted by molar-refractivity contribution is 0.154. The largest absolute Gasteiger partial charge is 0.330 e. The third kappa shape index (κ3) is 3.20. The summed E-state index contributed by atoms with van der Waals surface area (Å²) in [4.78, 5) is 0. The highest BCUT2D eigenvalue weighted by Crippen LogP contribution is 2.41. The number of nitrogens with two attached hydrogens (primary N) is 1. The molecule has 0 saturated heterocycles. The third-order valence-corrected chi connectivity index (χ3v) is 4.92. The van der Waals surface area contributed by atoms with E-state index in [9.17, 15) is 0 Å². The fourth-order valence-corrected chi connectivity index (χ4v) is 3.59. The van der Waals surface area contributed by atoms with Gasteiger partial charge in [-0.25, -0.2) is 0 Å². The summed E-state index contributed by atoms with van der Waals surface area (Å²) in [6, 6.07) is 5.95. The number of hydrogen-bond acceptors (Lipinski definition) is 1. The summed E-state index contributed by atoms with van der Waals surface area (Å²) in [7, 11) is 0. The van der Waals surface area contributed by atoms with Gasteiger partial charge in [0.2, 0.25) is 0 Å². The summed E-state index contributed by atoms with van der Waals surface area (Å²) in [5.74, 6) is 0.782. The van der Waals surface area contributed by atoms with Crippen molar-refractivity contribution in [3.8, 4) is 0 Å². The number of rotatable bonds is 3. The molecule has 1 nitrogen and oxygen atoms in total. The van der Waals surface area contributed by atoms with E-state index < -0.39 is 0 Å². The summed E-state index contributed by atoms with van der Waals surface area (Å²) in [6.45, 7) is 3.09. The van der Waals surface area contributed by atoms with Gasteiger partial charge in [0.1, 0.15) is 0 Å². The van der Waals surface area contributed by atoms with E-state index in [1.54, 1.807) is 0 Å². The van der Waals surface area contributed by atoms with Gasteiger partial charge in [-0.15, -0.1) is 0 Å². The van der Waals surface area contributed by atoms with Crippen LogP contribution in [-0.4, -0.2) is 6.54 Å². The zero-order valence-electron chi connectivity index (χ0n) is 10.9. The average Bonchev–Trinajstić information content (AvgIpc) is 2.34. The van der Waals surface area contributed by atoms with Crippen LogP contribution in [0, 0.1) is 11.3 Å².